The number of hydrogen-bond donors (Lipinski definition) is 2. The minimum atomic E-state index is 0.681. The van der Waals surface area contributed by atoms with E-state index in [1.807, 2.05) is 37.1 Å². The number of rotatable bonds is 3. The first-order valence-electron chi connectivity index (χ1n) is 8.97. The number of aromatic amines is 2. The molecule has 0 saturated carbocycles. The van der Waals surface area contributed by atoms with Crippen LogP contribution >= 0.6 is 11.3 Å². The number of pyridine rings is 2. The van der Waals surface area contributed by atoms with Crippen LogP contribution < -0.4 is 0 Å². The Kier molecular flexibility index (Phi) is 3.38. The number of nitrogens with one attached hydrogen (secondary N) is 2. The summed E-state index contributed by atoms with van der Waals surface area (Å²) < 4.78 is 1.77. The molecule has 0 amide bonds. The summed E-state index contributed by atoms with van der Waals surface area (Å²) in [5.41, 5.74) is 7.09. The Balaban J connectivity index is 1.53. The molecule has 29 heavy (non-hydrogen) atoms. The Bertz CT molecular complexity index is 1470. The largest absolute Gasteiger partial charge is 0.336 e. The second-order valence-electron chi connectivity index (χ2n) is 6.75. The Morgan fingerprint density at radius 3 is 2.83 bits per heavy atom. The molecule has 0 radical (unpaired) electrons. The van der Waals surface area contributed by atoms with Crippen LogP contribution in [-0.2, 0) is 7.05 Å². The smallest absolute Gasteiger partial charge is 0.159 e. The molecule has 9 heteroatoms. The number of thiophene rings is 1. The summed E-state index contributed by atoms with van der Waals surface area (Å²) in [7, 11) is 1.90. The molecular formula is C20H14N8S. The summed E-state index contributed by atoms with van der Waals surface area (Å²) in [6, 6.07) is 6.04. The van der Waals surface area contributed by atoms with E-state index in [1.165, 1.54) is 0 Å². The van der Waals surface area contributed by atoms with Gasteiger partial charge in [-0.05, 0) is 23.6 Å². The lowest BCUT2D eigenvalue weighted by atomic mass is 10.1. The fraction of sp³-hybridized carbons (Fsp3) is 0.0500. The molecular weight excluding hydrogens is 384 g/mol. The molecule has 6 heterocycles. The van der Waals surface area contributed by atoms with E-state index in [9.17, 15) is 0 Å². The lowest BCUT2D eigenvalue weighted by Gasteiger charge is -1.98. The number of H-pyrrole nitrogens is 2. The van der Waals surface area contributed by atoms with E-state index in [1.54, 1.807) is 22.2 Å². The first kappa shape index (κ1) is 16.1. The van der Waals surface area contributed by atoms with Gasteiger partial charge in [-0.2, -0.15) is 21.5 Å². The molecule has 6 aromatic heterocycles. The maximum atomic E-state index is 4.83. The molecule has 0 aliphatic rings. The van der Waals surface area contributed by atoms with E-state index in [0.29, 0.717) is 11.5 Å². The van der Waals surface area contributed by atoms with E-state index in [-0.39, 0.29) is 0 Å². The van der Waals surface area contributed by atoms with E-state index in [0.717, 1.165) is 44.5 Å². The third-order valence-electron chi connectivity index (χ3n) is 4.87. The first-order chi connectivity index (χ1) is 14.3. The quantitative estimate of drug-likeness (QED) is 0.469. The van der Waals surface area contributed by atoms with Crippen molar-refractivity contribution in [2.45, 2.75) is 0 Å². The molecule has 0 saturated heterocycles. The minimum Gasteiger partial charge on any atom is -0.336 e. The minimum absolute atomic E-state index is 0.681. The number of aromatic nitrogens is 8. The Morgan fingerprint density at radius 2 is 2.00 bits per heavy atom. The van der Waals surface area contributed by atoms with Gasteiger partial charge in [0.15, 0.2) is 11.5 Å². The molecule has 140 valence electrons. The zero-order valence-corrected chi connectivity index (χ0v) is 16.1. The van der Waals surface area contributed by atoms with Crippen molar-refractivity contribution in [1.82, 2.24) is 39.9 Å². The number of aryl methyl sites for hydroxylation is 1. The van der Waals surface area contributed by atoms with Gasteiger partial charge < -0.3 is 4.98 Å². The molecule has 0 bridgehead atoms. The van der Waals surface area contributed by atoms with Gasteiger partial charge in [-0.15, -0.1) is 0 Å². The highest BCUT2D eigenvalue weighted by atomic mass is 32.1. The normalized spacial score (nSPS) is 11.6. The van der Waals surface area contributed by atoms with Gasteiger partial charge in [0.25, 0.3) is 0 Å². The topological polar surface area (TPSA) is 101 Å². The zero-order valence-electron chi connectivity index (χ0n) is 15.3. The first-order valence-corrected chi connectivity index (χ1v) is 9.91. The van der Waals surface area contributed by atoms with Crippen LogP contribution in [0.5, 0.6) is 0 Å². The van der Waals surface area contributed by atoms with Gasteiger partial charge in [-0.25, -0.2) is 9.97 Å². The molecule has 0 unspecified atom stereocenters. The van der Waals surface area contributed by atoms with E-state index >= 15 is 0 Å². The highest BCUT2D eigenvalue weighted by molar-refractivity contribution is 7.08. The van der Waals surface area contributed by atoms with Crippen molar-refractivity contribution in [1.29, 1.82) is 0 Å². The van der Waals surface area contributed by atoms with Crippen LogP contribution in [0.15, 0.2) is 53.7 Å². The monoisotopic (exact) mass is 398 g/mol. The van der Waals surface area contributed by atoms with Gasteiger partial charge in [0.2, 0.25) is 0 Å². The van der Waals surface area contributed by atoms with Crippen LogP contribution in [0.2, 0.25) is 0 Å². The van der Waals surface area contributed by atoms with Crippen molar-refractivity contribution in [3.05, 3.63) is 53.7 Å². The van der Waals surface area contributed by atoms with Gasteiger partial charge in [-0.3, -0.25) is 14.8 Å². The SMILES string of the molecule is Cn1cc(-c2cnc3[nH]nc(-c4nc5c(-c6ccsc6)nccc5[nH]4)c3c2)cn1. The number of hydrogen-bond acceptors (Lipinski definition) is 6. The lowest BCUT2D eigenvalue weighted by Crippen LogP contribution is -1.85. The van der Waals surface area contributed by atoms with Crippen LogP contribution in [0.4, 0.5) is 0 Å². The molecule has 0 atom stereocenters. The van der Waals surface area contributed by atoms with Crippen LogP contribution in [0.3, 0.4) is 0 Å². The van der Waals surface area contributed by atoms with Crippen molar-refractivity contribution in [3.8, 4) is 33.9 Å². The van der Waals surface area contributed by atoms with Crippen molar-refractivity contribution in [2.24, 2.45) is 7.05 Å². The van der Waals surface area contributed by atoms with Crippen molar-refractivity contribution in [2.75, 3.05) is 0 Å². The zero-order chi connectivity index (χ0) is 19.4. The summed E-state index contributed by atoms with van der Waals surface area (Å²) in [6.07, 6.45) is 7.39. The molecule has 0 aromatic carbocycles. The second kappa shape index (κ2) is 6.08. The van der Waals surface area contributed by atoms with Gasteiger partial charge >= 0.3 is 0 Å². The van der Waals surface area contributed by atoms with E-state index in [2.05, 4.69) is 47.8 Å². The van der Waals surface area contributed by atoms with Crippen LogP contribution in [0, 0.1) is 0 Å². The summed E-state index contributed by atoms with van der Waals surface area (Å²) in [6.45, 7) is 0. The summed E-state index contributed by atoms with van der Waals surface area (Å²) in [5, 5.41) is 16.7. The van der Waals surface area contributed by atoms with Gasteiger partial charge in [0, 0.05) is 47.7 Å². The average molecular weight is 398 g/mol. The van der Waals surface area contributed by atoms with Crippen molar-refractivity contribution >= 4 is 33.4 Å². The maximum Gasteiger partial charge on any atom is 0.159 e. The fourth-order valence-corrected chi connectivity index (χ4v) is 4.11. The van der Waals surface area contributed by atoms with Gasteiger partial charge in [-0.1, -0.05) is 0 Å². The molecule has 0 fully saturated rings. The van der Waals surface area contributed by atoms with Crippen LogP contribution in [0.25, 0.3) is 56.0 Å². The van der Waals surface area contributed by atoms with Crippen molar-refractivity contribution in [3.63, 3.8) is 0 Å². The fourth-order valence-electron chi connectivity index (χ4n) is 3.47. The van der Waals surface area contributed by atoms with E-state index < -0.39 is 0 Å². The Morgan fingerprint density at radius 1 is 1.03 bits per heavy atom. The molecule has 8 nitrogen and oxygen atoms in total. The van der Waals surface area contributed by atoms with Crippen LogP contribution in [0.1, 0.15) is 0 Å². The van der Waals surface area contributed by atoms with Gasteiger partial charge in [0.1, 0.15) is 11.2 Å². The standard InChI is InChI=1S/C20H14N8S/c1-28-9-13(8-23-28)12-6-14-17(26-27-19(14)22-7-12)20-24-15-2-4-21-16(18(15)25-20)11-3-5-29-10-11/h2-10H,1H3,(H,24,25)(H,22,26,27). The molecule has 0 spiro atoms. The molecule has 6 rings (SSSR count). The number of fused-ring (bicyclic) bond motifs is 2. The maximum absolute atomic E-state index is 4.83. The predicted octanol–water partition coefficient (Wildman–Crippen LogP) is 4.03. The molecule has 0 aliphatic carbocycles. The number of imidazole rings is 1. The highest BCUT2D eigenvalue weighted by Gasteiger charge is 2.17. The van der Waals surface area contributed by atoms with Crippen LogP contribution in [-0.4, -0.2) is 39.9 Å². The predicted molar refractivity (Wildman–Crippen MR) is 112 cm³/mol. The molecule has 6 aromatic rings. The van der Waals surface area contributed by atoms with E-state index in [4.69, 9.17) is 4.98 Å². The molecule has 0 aliphatic heterocycles. The molecule has 2 N–H and O–H groups in total. The summed E-state index contributed by atoms with van der Waals surface area (Å²) in [5.74, 6) is 0.681. The highest BCUT2D eigenvalue weighted by Crippen LogP contribution is 2.31. The Hall–Kier alpha value is -3.85. The average Bonchev–Trinajstić information content (AvgIpc) is 3.51. The second-order valence-corrected chi connectivity index (χ2v) is 7.53. The summed E-state index contributed by atoms with van der Waals surface area (Å²) in [4.78, 5) is 17.3. The Labute approximate surface area is 168 Å². The number of nitrogens with zero attached hydrogens (tertiary/aromatic N) is 6. The third-order valence-corrected chi connectivity index (χ3v) is 5.56. The lowest BCUT2D eigenvalue weighted by molar-refractivity contribution is 0.768. The third kappa shape index (κ3) is 2.55. The summed E-state index contributed by atoms with van der Waals surface area (Å²) >= 11 is 1.64. The van der Waals surface area contributed by atoms with Crippen molar-refractivity contribution < 1.29 is 0 Å². The van der Waals surface area contributed by atoms with Gasteiger partial charge in [0.05, 0.1) is 22.8 Å².